The van der Waals surface area contributed by atoms with Crippen molar-refractivity contribution in [1.82, 2.24) is 14.8 Å². The lowest BCUT2D eigenvalue weighted by atomic mass is 10.0. The Balaban J connectivity index is 2.34. The van der Waals surface area contributed by atoms with Gasteiger partial charge in [-0.3, -0.25) is 9.67 Å². The third-order valence-electron chi connectivity index (χ3n) is 2.97. The Morgan fingerprint density at radius 2 is 2.15 bits per heavy atom. The molecular formula is C13H10ClFN4S. The minimum atomic E-state index is -0.428. The normalized spacial score (nSPS) is 10.9. The Bertz CT molecular complexity index is 747. The molecule has 0 aliphatic carbocycles. The lowest BCUT2D eigenvalue weighted by molar-refractivity contribution is 0.631. The van der Waals surface area contributed by atoms with Gasteiger partial charge in [0.2, 0.25) is 0 Å². The summed E-state index contributed by atoms with van der Waals surface area (Å²) in [6.07, 6.45) is 1.67. The van der Waals surface area contributed by atoms with Gasteiger partial charge in [0.05, 0.1) is 21.0 Å². The summed E-state index contributed by atoms with van der Waals surface area (Å²) >= 11 is 7.54. The van der Waals surface area contributed by atoms with E-state index in [4.69, 9.17) is 17.3 Å². The van der Waals surface area contributed by atoms with Crippen molar-refractivity contribution in [2.45, 2.75) is 0 Å². The van der Waals surface area contributed by atoms with Gasteiger partial charge in [0, 0.05) is 18.8 Å². The van der Waals surface area contributed by atoms with E-state index < -0.39 is 5.82 Å². The average molecular weight is 309 g/mol. The monoisotopic (exact) mass is 308 g/mol. The highest BCUT2D eigenvalue weighted by Crippen LogP contribution is 2.41. The molecule has 7 heteroatoms. The Labute approximate surface area is 123 Å². The summed E-state index contributed by atoms with van der Waals surface area (Å²) in [6.45, 7) is 0. The number of benzene rings is 1. The Kier molecular flexibility index (Phi) is 3.19. The van der Waals surface area contributed by atoms with Crippen molar-refractivity contribution in [3.8, 4) is 21.7 Å². The van der Waals surface area contributed by atoms with Gasteiger partial charge < -0.3 is 5.73 Å². The molecule has 0 bridgehead atoms. The second-order valence-corrected chi connectivity index (χ2v) is 5.49. The molecule has 3 aromatic rings. The zero-order chi connectivity index (χ0) is 14.3. The van der Waals surface area contributed by atoms with Crippen LogP contribution in [0.25, 0.3) is 21.7 Å². The standard InChI is InChI=1S/C13H10ClFN4S/c1-19-13(16)11(10-7(14)3-2-4-8(10)15)12(18-19)9-5-17-6-20-9/h2-6H,16H2,1H3. The molecule has 2 heterocycles. The van der Waals surface area contributed by atoms with Gasteiger partial charge in [-0.2, -0.15) is 5.10 Å². The molecule has 2 N–H and O–H groups in total. The molecule has 3 rings (SSSR count). The minimum absolute atomic E-state index is 0.267. The van der Waals surface area contributed by atoms with Gasteiger partial charge in [-0.05, 0) is 12.1 Å². The fourth-order valence-corrected chi connectivity index (χ4v) is 2.89. The fraction of sp³-hybridized carbons (Fsp3) is 0.0769. The maximum absolute atomic E-state index is 14.2. The third-order valence-corrected chi connectivity index (χ3v) is 4.06. The smallest absolute Gasteiger partial charge is 0.132 e. The number of aromatic nitrogens is 3. The molecule has 0 aliphatic rings. The average Bonchev–Trinajstić information content (AvgIpc) is 3.01. The van der Waals surface area contributed by atoms with Crippen LogP contribution in [0.2, 0.25) is 5.02 Å². The van der Waals surface area contributed by atoms with E-state index in [0.717, 1.165) is 4.88 Å². The van der Waals surface area contributed by atoms with Crippen molar-refractivity contribution >= 4 is 28.8 Å². The van der Waals surface area contributed by atoms with Crippen LogP contribution in [0.4, 0.5) is 10.2 Å². The van der Waals surface area contributed by atoms with E-state index in [-0.39, 0.29) is 5.56 Å². The highest BCUT2D eigenvalue weighted by molar-refractivity contribution is 7.13. The first-order chi connectivity index (χ1) is 9.59. The molecular weight excluding hydrogens is 299 g/mol. The Hall–Kier alpha value is -1.92. The topological polar surface area (TPSA) is 56.7 Å². The summed E-state index contributed by atoms with van der Waals surface area (Å²) < 4.78 is 15.7. The molecule has 0 spiro atoms. The van der Waals surface area contributed by atoms with Gasteiger partial charge in [0.1, 0.15) is 17.3 Å². The highest BCUT2D eigenvalue weighted by atomic mass is 35.5. The van der Waals surface area contributed by atoms with Crippen LogP contribution in [0.1, 0.15) is 0 Å². The van der Waals surface area contributed by atoms with Gasteiger partial charge in [0.25, 0.3) is 0 Å². The number of aryl methyl sites for hydroxylation is 1. The van der Waals surface area contributed by atoms with Gasteiger partial charge in [0.15, 0.2) is 0 Å². The van der Waals surface area contributed by atoms with Crippen molar-refractivity contribution in [3.05, 3.63) is 40.7 Å². The van der Waals surface area contributed by atoms with Crippen molar-refractivity contribution in [1.29, 1.82) is 0 Å². The van der Waals surface area contributed by atoms with Gasteiger partial charge >= 0.3 is 0 Å². The number of anilines is 1. The molecule has 0 aliphatic heterocycles. The largest absolute Gasteiger partial charge is 0.383 e. The molecule has 1 aromatic carbocycles. The number of rotatable bonds is 2. The summed E-state index contributed by atoms with van der Waals surface area (Å²) in [4.78, 5) is 4.83. The van der Waals surface area contributed by atoms with E-state index in [0.29, 0.717) is 22.1 Å². The van der Waals surface area contributed by atoms with Gasteiger partial charge in [-0.15, -0.1) is 11.3 Å². The quantitative estimate of drug-likeness (QED) is 0.787. The molecule has 102 valence electrons. The zero-order valence-corrected chi connectivity index (χ0v) is 12.0. The minimum Gasteiger partial charge on any atom is -0.383 e. The number of hydrogen-bond donors (Lipinski definition) is 1. The number of halogens is 2. The van der Waals surface area contributed by atoms with Crippen molar-refractivity contribution < 1.29 is 4.39 Å². The molecule has 0 saturated carbocycles. The van der Waals surface area contributed by atoms with Crippen LogP contribution >= 0.6 is 22.9 Å². The van der Waals surface area contributed by atoms with Gasteiger partial charge in [-0.1, -0.05) is 17.7 Å². The summed E-state index contributed by atoms with van der Waals surface area (Å²) in [5.41, 5.74) is 9.08. The van der Waals surface area contributed by atoms with Crippen LogP contribution < -0.4 is 5.73 Å². The number of nitrogen functional groups attached to an aromatic ring is 1. The number of thiazole rings is 1. The van der Waals surface area contributed by atoms with Crippen LogP contribution in [-0.4, -0.2) is 14.8 Å². The Morgan fingerprint density at radius 3 is 2.80 bits per heavy atom. The lowest BCUT2D eigenvalue weighted by Gasteiger charge is -2.07. The first-order valence-electron chi connectivity index (χ1n) is 5.75. The lowest BCUT2D eigenvalue weighted by Crippen LogP contribution is -1.98. The second kappa shape index (κ2) is 4.88. The summed E-state index contributed by atoms with van der Waals surface area (Å²) in [5, 5.41) is 4.65. The van der Waals surface area contributed by atoms with Crippen LogP contribution in [0, 0.1) is 5.82 Å². The summed E-state index contributed by atoms with van der Waals surface area (Å²) in [7, 11) is 1.71. The van der Waals surface area contributed by atoms with E-state index in [1.54, 1.807) is 30.9 Å². The van der Waals surface area contributed by atoms with Crippen LogP contribution in [0.15, 0.2) is 29.9 Å². The van der Waals surface area contributed by atoms with Crippen LogP contribution in [-0.2, 0) is 7.05 Å². The summed E-state index contributed by atoms with van der Waals surface area (Å²) in [6, 6.07) is 4.53. The molecule has 2 aromatic heterocycles. The molecule has 0 atom stereocenters. The maximum atomic E-state index is 14.2. The Morgan fingerprint density at radius 1 is 1.35 bits per heavy atom. The van der Waals surface area contributed by atoms with E-state index >= 15 is 0 Å². The molecule has 0 saturated heterocycles. The van der Waals surface area contributed by atoms with E-state index in [9.17, 15) is 4.39 Å². The van der Waals surface area contributed by atoms with E-state index in [2.05, 4.69) is 10.1 Å². The number of hydrogen-bond acceptors (Lipinski definition) is 4. The van der Waals surface area contributed by atoms with Crippen LogP contribution in [0.5, 0.6) is 0 Å². The van der Waals surface area contributed by atoms with Gasteiger partial charge in [-0.25, -0.2) is 4.39 Å². The molecule has 20 heavy (non-hydrogen) atoms. The fourth-order valence-electron chi connectivity index (χ4n) is 2.03. The van der Waals surface area contributed by atoms with E-state index in [1.165, 1.54) is 22.1 Å². The molecule has 0 amide bonds. The molecule has 0 unspecified atom stereocenters. The third kappa shape index (κ3) is 1.97. The first kappa shape index (κ1) is 13.1. The number of nitrogens with zero attached hydrogens (tertiary/aromatic N) is 3. The predicted octanol–water partition coefficient (Wildman–Crippen LogP) is 3.59. The molecule has 0 fully saturated rings. The zero-order valence-electron chi connectivity index (χ0n) is 10.5. The molecule has 0 radical (unpaired) electrons. The first-order valence-corrected chi connectivity index (χ1v) is 7.01. The number of nitrogens with two attached hydrogens (primary N) is 1. The second-order valence-electron chi connectivity index (χ2n) is 4.19. The van der Waals surface area contributed by atoms with Crippen molar-refractivity contribution in [2.75, 3.05) is 5.73 Å². The van der Waals surface area contributed by atoms with Crippen molar-refractivity contribution in [2.24, 2.45) is 7.05 Å². The highest BCUT2D eigenvalue weighted by Gasteiger charge is 2.22. The molecule has 4 nitrogen and oxygen atoms in total. The maximum Gasteiger partial charge on any atom is 0.132 e. The predicted molar refractivity (Wildman–Crippen MR) is 79.1 cm³/mol. The SMILES string of the molecule is Cn1nc(-c2cncs2)c(-c2c(F)cccc2Cl)c1N. The summed E-state index contributed by atoms with van der Waals surface area (Å²) in [5.74, 6) is -0.0663. The van der Waals surface area contributed by atoms with Crippen LogP contribution in [0.3, 0.4) is 0 Å². The van der Waals surface area contributed by atoms with Crippen molar-refractivity contribution in [3.63, 3.8) is 0 Å². The van der Waals surface area contributed by atoms with E-state index in [1.807, 2.05) is 0 Å².